The zero-order valence-electron chi connectivity index (χ0n) is 18.8. The Bertz CT molecular complexity index is 1370. The minimum atomic E-state index is 0.194. The average molecular weight is 475 g/mol. The summed E-state index contributed by atoms with van der Waals surface area (Å²) >= 11 is 1.64. The molecule has 8 nitrogen and oxygen atoms in total. The highest BCUT2D eigenvalue weighted by Crippen LogP contribution is 2.31. The molecule has 6 rings (SSSR count). The van der Waals surface area contributed by atoms with E-state index >= 15 is 0 Å². The molecule has 0 unspecified atom stereocenters. The number of hydrogen-bond acceptors (Lipinski definition) is 7. The third kappa shape index (κ3) is 4.29. The molecule has 2 aliphatic rings. The van der Waals surface area contributed by atoms with Crippen LogP contribution >= 0.6 is 11.3 Å². The first-order valence-electron chi connectivity index (χ1n) is 11.6. The highest BCUT2D eigenvalue weighted by Gasteiger charge is 2.22. The molecule has 2 N–H and O–H groups in total. The molecule has 5 heterocycles. The molecule has 0 saturated carbocycles. The van der Waals surface area contributed by atoms with Crippen molar-refractivity contribution in [3.8, 4) is 0 Å². The van der Waals surface area contributed by atoms with E-state index in [1.165, 1.54) is 5.57 Å². The molecular weight excluding hydrogens is 448 g/mol. The maximum Gasteiger partial charge on any atom is 0.237 e. The number of ether oxygens (including phenoxy) is 1. The van der Waals surface area contributed by atoms with Crippen molar-refractivity contribution < 1.29 is 9.53 Å². The maximum absolute atomic E-state index is 12.7. The summed E-state index contributed by atoms with van der Waals surface area (Å²) in [4.78, 5) is 29.2. The van der Waals surface area contributed by atoms with Gasteiger partial charge in [0, 0.05) is 49.1 Å². The van der Waals surface area contributed by atoms with Gasteiger partial charge in [-0.05, 0) is 42.3 Å². The number of nitrogens with zero attached hydrogens (tertiary/aromatic N) is 4. The normalized spacial score (nSPS) is 17.3. The van der Waals surface area contributed by atoms with Gasteiger partial charge in [0.05, 0.1) is 41.2 Å². The average Bonchev–Trinajstić information content (AvgIpc) is 3.52. The molecule has 9 heteroatoms. The number of aromatic nitrogens is 3. The van der Waals surface area contributed by atoms with Crippen LogP contribution in [0.1, 0.15) is 12.1 Å². The van der Waals surface area contributed by atoms with E-state index in [2.05, 4.69) is 43.4 Å². The Balaban J connectivity index is 1.17. The third-order valence-electron chi connectivity index (χ3n) is 6.51. The van der Waals surface area contributed by atoms with Crippen molar-refractivity contribution in [2.75, 3.05) is 51.3 Å². The Labute approximate surface area is 201 Å². The Hall–Kier alpha value is -3.27. The molecule has 1 saturated heterocycles. The van der Waals surface area contributed by atoms with Crippen LogP contribution in [0.3, 0.4) is 0 Å². The van der Waals surface area contributed by atoms with Gasteiger partial charge in [-0.1, -0.05) is 6.08 Å². The zero-order valence-corrected chi connectivity index (χ0v) is 19.6. The predicted octanol–water partition coefficient (Wildman–Crippen LogP) is 3.86. The first-order chi connectivity index (χ1) is 16.7. The molecule has 174 valence electrons. The minimum absolute atomic E-state index is 0.194. The van der Waals surface area contributed by atoms with Gasteiger partial charge in [-0.2, -0.15) is 0 Å². The number of morpholine rings is 1. The lowest BCUT2D eigenvalue weighted by atomic mass is 10.0. The van der Waals surface area contributed by atoms with Crippen LogP contribution < -0.4 is 5.32 Å². The molecule has 0 aliphatic carbocycles. The number of fused-ring (bicyclic) bond motifs is 2. The summed E-state index contributed by atoms with van der Waals surface area (Å²) in [6, 6.07) is 10.4. The van der Waals surface area contributed by atoms with Gasteiger partial charge in [0.1, 0.15) is 5.65 Å². The first kappa shape index (κ1) is 21.3. The fraction of sp³-hybridized carbons (Fsp3) is 0.320. The van der Waals surface area contributed by atoms with Crippen LogP contribution in [0, 0.1) is 0 Å². The quantitative estimate of drug-likeness (QED) is 0.457. The summed E-state index contributed by atoms with van der Waals surface area (Å²) in [5, 5.41) is 4.59. The molecule has 1 aromatic carbocycles. The molecule has 1 amide bonds. The van der Waals surface area contributed by atoms with Gasteiger partial charge < -0.3 is 19.9 Å². The number of carbonyl (C=O) groups is 1. The van der Waals surface area contributed by atoms with Crippen molar-refractivity contribution in [3.63, 3.8) is 0 Å². The Morgan fingerprint density at radius 2 is 2.06 bits per heavy atom. The molecule has 0 spiro atoms. The topological polar surface area (TPSA) is 86.4 Å². The summed E-state index contributed by atoms with van der Waals surface area (Å²) in [5.74, 6) is 0.194. The summed E-state index contributed by atoms with van der Waals surface area (Å²) in [7, 11) is 0. The van der Waals surface area contributed by atoms with Gasteiger partial charge >= 0.3 is 0 Å². The van der Waals surface area contributed by atoms with Crippen LogP contribution in [0.15, 0.2) is 48.1 Å². The van der Waals surface area contributed by atoms with E-state index in [0.717, 1.165) is 64.4 Å². The summed E-state index contributed by atoms with van der Waals surface area (Å²) in [6.07, 6.45) is 4.81. The van der Waals surface area contributed by atoms with Crippen molar-refractivity contribution in [3.05, 3.63) is 53.8 Å². The van der Waals surface area contributed by atoms with Gasteiger partial charge in [0.15, 0.2) is 0 Å². The minimum Gasteiger partial charge on any atom is -0.379 e. The molecule has 1 fully saturated rings. The highest BCUT2D eigenvalue weighted by atomic mass is 32.1. The number of rotatable bonds is 5. The number of benzene rings is 1. The van der Waals surface area contributed by atoms with Gasteiger partial charge in [-0.25, -0.2) is 9.97 Å². The second-order valence-corrected chi connectivity index (χ2v) is 9.56. The number of amides is 1. The number of anilines is 2. The van der Waals surface area contributed by atoms with Crippen molar-refractivity contribution >= 4 is 55.4 Å². The highest BCUT2D eigenvalue weighted by molar-refractivity contribution is 7.16. The first-order valence-corrected chi connectivity index (χ1v) is 12.5. The summed E-state index contributed by atoms with van der Waals surface area (Å²) < 4.78 is 6.54. The van der Waals surface area contributed by atoms with E-state index in [0.29, 0.717) is 26.3 Å². The largest absolute Gasteiger partial charge is 0.379 e. The van der Waals surface area contributed by atoms with Crippen LogP contribution in [-0.4, -0.2) is 76.6 Å². The van der Waals surface area contributed by atoms with Gasteiger partial charge in [-0.15, -0.1) is 11.3 Å². The number of pyridine rings is 1. The Kier molecular flexibility index (Phi) is 5.74. The van der Waals surface area contributed by atoms with E-state index in [4.69, 9.17) is 4.74 Å². The lowest BCUT2D eigenvalue weighted by Crippen LogP contribution is -2.45. The van der Waals surface area contributed by atoms with Crippen LogP contribution in [0.25, 0.3) is 26.8 Å². The predicted molar refractivity (Wildman–Crippen MR) is 135 cm³/mol. The Morgan fingerprint density at radius 1 is 1.15 bits per heavy atom. The van der Waals surface area contributed by atoms with E-state index in [1.807, 2.05) is 34.8 Å². The van der Waals surface area contributed by atoms with E-state index in [1.54, 1.807) is 11.3 Å². The van der Waals surface area contributed by atoms with Crippen molar-refractivity contribution in [1.82, 2.24) is 24.8 Å². The van der Waals surface area contributed by atoms with Crippen LogP contribution in [0.4, 0.5) is 11.4 Å². The number of aromatic amines is 1. The van der Waals surface area contributed by atoms with Crippen LogP contribution in [-0.2, 0) is 9.53 Å². The van der Waals surface area contributed by atoms with Gasteiger partial charge in [0.25, 0.3) is 0 Å². The number of H-pyrrole nitrogens is 1. The number of thiazole rings is 1. The molecule has 34 heavy (non-hydrogen) atoms. The molecular formula is C25H26N6O2S. The standard InChI is InChI=1S/C25H26N6O2S/c32-24(15-30-9-11-33-12-10-30)31-7-4-17(5-8-31)22-14-19-20(3-6-26-25(19)29-22)28-18-1-2-21-23(13-18)34-16-27-21/h1-4,6,13-14,16H,5,7-12,15H2,(H2,26,28,29). The second kappa shape index (κ2) is 9.17. The van der Waals surface area contributed by atoms with E-state index in [9.17, 15) is 4.79 Å². The molecule has 3 aromatic heterocycles. The van der Waals surface area contributed by atoms with Crippen molar-refractivity contribution in [2.45, 2.75) is 6.42 Å². The van der Waals surface area contributed by atoms with E-state index in [-0.39, 0.29) is 5.91 Å². The van der Waals surface area contributed by atoms with Gasteiger partial charge in [-0.3, -0.25) is 9.69 Å². The van der Waals surface area contributed by atoms with Crippen molar-refractivity contribution in [2.24, 2.45) is 0 Å². The molecule has 0 bridgehead atoms. The summed E-state index contributed by atoms with van der Waals surface area (Å²) in [6.45, 7) is 4.93. The monoisotopic (exact) mass is 474 g/mol. The van der Waals surface area contributed by atoms with Crippen LogP contribution in [0.2, 0.25) is 0 Å². The second-order valence-electron chi connectivity index (χ2n) is 8.67. The third-order valence-corrected chi connectivity index (χ3v) is 7.30. The number of carbonyl (C=O) groups excluding carboxylic acids is 1. The zero-order chi connectivity index (χ0) is 22.9. The molecule has 4 aromatic rings. The van der Waals surface area contributed by atoms with Gasteiger partial charge in [0.2, 0.25) is 5.91 Å². The fourth-order valence-corrected chi connectivity index (χ4v) is 5.30. The Morgan fingerprint density at radius 3 is 2.91 bits per heavy atom. The SMILES string of the molecule is O=C(CN1CCOCC1)N1CC=C(c2cc3c(Nc4ccc5ncsc5c4)ccnc3[nH]2)CC1. The van der Waals surface area contributed by atoms with E-state index < -0.39 is 0 Å². The lowest BCUT2D eigenvalue weighted by Gasteiger charge is -2.31. The lowest BCUT2D eigenvalue weighted by molar-refractivity contribution is -0.133. The van der Waals surface area contributed by atoms with Crippen LogP contribution in [0.5, 0.6) is 0 Å². The summed E-state index contributed by atoms with van der Waals surface area (Å²) in [5.41, 5.74) is 8.06. The molecule has 0 radical (unpaired) electrons. The molecule has 0 atom stereocenters. The number of hydrogen-bond donors (Lipinski definition) is 2. The van der Waals surface area contributed by atoms with Crippen molar-refractivity contribution in [1.29, 1.82) is 0 Å². The number of nitrogens with one attached hydrogen (secondary N) is 2. The maximum atomic E-state index is 12.7. The fourth-order valence-electron chi connectivity index (χ4n) is 4.59. The smallest absolute Gasteiger partial charge is 0.237 e. The molecule has 2 aliphatic heterocycles.